The number of hydrogen-bond donors (Lipinski definition) is 0. The summed E-state index contributed by atoms with van der Waals surface area (Å²) >= 11 is 0. The standard InChI is InChI=1S/C25H20N6O3/c1-4-7-22(32)16-10-11-17(20(13-16)26-3)14-33-25-19-9-6-5-8-18(19)23-27-28-24(31(23)29-25)21-12-15(2)34-30-21/h5-6,8-13H,4,7,14H2,1-2H3. The minimum atomic E-state index is 0.0289. The molecular formula is C25H20N6O3. The van der Waals surface area contributed by atoms with E-state index in [-0.39, 0.29) is 12.4 Å². The Morgan fingerprint density at radius 3 is 2.71 bits per heavy atom. The Bertz CT molecular complexity index is 1580. The number of fused-ring (bicyclic) bond motifs is 3. The van der Waals surface area contributed by atoms with Crippen LogP contribution >= 0.6 is 0 Å². The first-order valence-corrected chi connectivity index (χ1v) is 10.8. The molecule has 0 N–H and O–H groups in total. The molecule has 0 atom stereocenters. The van der Waals surface area contributed by atoms with Crippen molar-refractivity contribution in [1.29, 1.82) is 0 Å². The Hall–Kier alpha value is -4.58. The second-order valence-electron chi connectivity index (χ2n) is 7.85. The highest BCUT2D eigenvalue weighted by Crippen LogP contribution is 2.30. The fraction of sp³-hybridized carbons (Fsp3) is 0.200. The summed E-state index contributed by atoms with van der Waals surface area (Å²) in [6.45, 7) is 11.4. The van der Waals surface area contributed by atoms with Crippen molar-refractivity contribution in [2.24, 2.45) is 0 Å². The summed E-state index contributed by atoms with van der Waals surface area (Å²) in [6, 6.07) is 14.5. The Morgan fingerprint density at radius 1 is 1.15 bits per heavy atom. The molecule has 5 rings (SSSR count). The largest absolute Gasteiger partial charge is 0.473 e. The molecule has 0 saturated heterocycles. The third kappa shape index (κ3) is 3.75. The number of carbonyl (C=O) groups excluding carboxylic acids is 1. The van der Waals surface area contributed by atoms with Gasteiger partial charge >= 0.3 is 0 Å². The van der Waals surface area contributed by atoms with E-state index in [4.69, 9.17) is 15.8 Å². The van der Waals surface area contributed by atoms with Gasteiger partial charge in [-0.2, -0.15) is 4.52 Å². The van der Waals surface area contributed by atoms with Crippen molar-refractivity contribution in [2.75, 3.05) is 0 Å². The summed E-state index contributed by atoms with van der Waals surface area (Å²) in [5, 5.41) is 18.8. The normalized spacial score (nSPS) is 11.1. The van der Waals surface area contributed by atoms with E-state index in [0.29, 0.717) is 52.0 Å². The lowest BCUT2D eigenvalue weighted by Crippen LogP contribution is -2.04. The topological polar surface area (TPSA) is 99.8 Å². The summed E-state index contributed by atoms with van der Waals surface area (Å²) in [4.78, 5) is 15.8. The molecule has 0 aliphatic rings. The van der Waals surface area contributed by atoms with Gasteiger partial charge < -0.3 is 9.26 Å². The molecule has 0 aliphatic carbocycles. The number of aromatic nitrogens is 5. The van der Waals surface area contributed by atoms with Crippen LogP contribution in [0.5, 0.6) is 5.88 Å². The van der Waals surface area contributed by atoms with Gasteiger partial charge in [-0.15, -0.1) is 15.3 Å². The van der Waals surface area contributed by atoms with E-state index in [2.05, 4.69) is 25.3 Å². The van der Waals surface area contributed by atoms with Crippen LogP contribution in [0.15, 0.2) is 53.1 Å². The van der Waals surface area contributed by atoms with Crippen LogP contribution in [-0.4, -0.2) is 30.8 Å². The summed E-state index contributed by atoms with van der Waals surface area (Å²) in [5.74, 6) is 1.48. The zero-order valence-corrected chi connectivity index (χ0v) is 18.6. The Labute approximate surface area is 194 Å². The molecule has 9 heteroatoms. The monoisotopic (exact) mass is 452 g/mol. The van der Waals surface area contributed by atoms with Crippen LogP contribution in [0.2, 0.25) is 0 Å². The molecule has 9 nitrogen and oxygen atoms in total. The smallest absolute Gasteiger partial charge is 0.240 e. The van der Waals surface area contributed by atoms with Crippen LogP contribution in [0.3, 0.4) is 0 Å². The van der Waals surface area contributed by atoms with Crippen molar-refractivity contribution in [3.8, 4) is 17.4 Å². The maximum absolute atomic E-state index is 12.2. The predicted molar refractivity (Wildman–Crippen MR) is 125 cm³/mol. The van der Waals surface area contributed by atoms with E-state index in [1.807, 2.05) is 31.2 Å². The molecule has 0 bridgehead atoms. The molecule has 0 fully saturated rings. The molecule has 0 saturated carbocycles. The Balaban J connectivity index is 1.54. The Morgan fingerprint density at radius 2 is 1.97 bits per heavy atom. The van der Waals surface area contributed by atoms with Crippen molar-refractivity contribution in [1.82, 2.24) is 25.0 Å². The van der Waals surface area contributed by atoms with Gasteiger partial charge in [0, 0.05) is 28.8 Å². The van der Waals surface area contributed by atoms with Crippen LogP contribution in [0.25, 0.3) is 32.8 Å². The predicted octanol–water partition coefficient (Wildman–Crippen LogP) is 5.35. The molecule has 3 aromatic heterocycles. The maximum Gasteiger partial charge on any atom is 0.240 e. The minimum Gasteiger partial charge on any atom is -0.473 e. The minimum absolute atomic E-state index is 0.0289. The molecule has 168 valence electrons. The van der Waals surface area contributed by atoms with Gasteiger partial charge in [0.15, 0.2) is 22.8 Å². The van der Waals surface area contributed by atoms with Crippen molar-refractivity contribution in [3.63, 3.8) is 0 Å². The van der Waals surface area contributed by atoms with Crippen LogP contribution in [0.1, 0.15) is 41.4 Å². The Kier molecular flexibility index (Phi) is 5.47. The van der Waals surface area contributed by atoms with Crippen molar-refractivity contribution in [3.05, 3.63) is 76.8 Å². The molecule has 5 aromatic rings. The second kappa shape index (κ2) is 8.75. The summed E-state index contributed by atoms with van der Waals surface area (Å²) in [5.41, 5.74) is 2.68. The lowest BCUT2D eigenvalue weighted by molar-refractivity contribution is 0.0981. The lowest BCUT2D eigenvalue weighted by atomic mass is 10.0. The van der Waals surface area contributed by atoms with Crippen LogP contribution in [-0.2, 0) is 6.61 Å². The molecule has 3 heterocycles. The summed E-state index contributed by atoms with van der Waals surface area (Å²) in [7, 11) is 0. The molecule has 0 radical (unpaired) electrons. The van der Waals surface area contributed by atoms with Crippen molar-refractivity contribution < 1.29 is 14.1 Å². The van der Waals surface area contributed by atoms with Gasteiger partial charge in [0.1, 0.15) is 12.4 Å². The number of hydrogen-bond acceptors (Lipinski definition) is 7. The SMILES string of the molecule is [C-]#[N+]c1cc(C(=O)CCC)ccc1COc1nn2c(-c3cc(C)on3)nnc2c2ccccc12. The average Bonchev–Trinajstić information content (AvgIpc) is 3.48. The number of benzene rings is 2. The van der Waals surface area contributed by atoms with E-state index in [9.17, 15) is 4.79 Å². The number of aryl methyl sites for hydroxylation is 1. The van der Waals surface area contributed by atoms with Gasteiger partial charge in [0.25, 0.3) is 0 Å². The van der Waals surface area contributed by atoms with E-state index in [0.717, 1.165) is 17.2 Å². The summed E-state index contributed by atoms with van der Waals surface area (Å²) in [6.07, 6.45) is 1.22. The highest BCUT2D eigenvalue weighted by atomic mass is 16.5. The van der Waals surface area contributed by atoms with Gasteiger partial charge in [-0.05, 0) is 31.0 Å². The molecular weight excluding hydrogens is 432 g/mol. The molecule has 0 amide bonds. The van der Waals surface area contributed by atoms with E-state index >= 15 is 0 Å². The zero-order valence-electron chi connectivity index (χ0n) is 18.6. The first kappa shape index (κ1) is 21.3. The molecule has 0 spiro atoms. The molecule has 0 unspecified atom stereocenters. The van der Waals surface area contributed by atoms with Crippen molar-refractivity contribution in [2.45, 2.75) is 33.3 Å². The van der Waals surface area contributed by atoms with E-state index in [1.165, 1.54) is 0 Å². The number of ether oxygens (including phenoxy) is 1. The second-order valence-corrected chi connectivity index (χ2v) is 7.85. The van der Waals surface area contributed by atoms with Gasteiger partial charge in [-0.1, -0.05) is 42.4 Å². The highest BCUT2D eigenvalue weighted by Gasteiger charge is 2.19. The fourth-order valence-electron chi connectivity index (χ4n) is 3.77. The van der Waals surface area contributed by atoms with Crippen LogP contribution in [0, 0.1) is 13.5 Å². The van der Waals surface area contributed by atoms with Gasteiger partial charge in [0.2, 0.25) is 11.7 Å². The van der Waals surface area contributed by atoms with Crippen LogP contribution < -0.4 is 4.74 Å². The first-order chi connectivity index (χ1) is 16.6. The van der Waals surface area contributed by atoms with Gasteiger partial charge in [-0.3, -0.25) is 4.79 Å². The average molecular weight is 452 g/mol. The summed E-state index contributed by atoms with van der Waals surface area (Å²) < 4.78 is 12.9. The maximum atomic E-state index is 12.2. The van der Waals surface area contributed by atoms with Gasteiger partial charge in [-0.25, -0.2) is 4.85 Å². The molecule has 2 aromatic carbocycles. The van der Waals surface area contributed by atoms with Crippen molar-refractivity contribution >= 4 is 27.9 Å². The van der Waals surface area contributed by atoms with Crippen LogP contribution in [0.4, 0.5) is 5.69 Å². The third-order valence-corrected chi connectivity index (χ3v) is 5.46. The number of rotatable bonds is 7. The number of carbonyl (C=O) groups is 1. The zero-order chi connectivity index (χ0) is 23.7. The first-order valence-electron chi connectivity index (χ1n) is 10.8. The number of Topliss-reactive ketones (excluding diaryl/α,β-unsaturated/α-hetero) is 1. The molecule has 34 heavy (non-hydrogen) atoms. The third-order valence-electron chi connectivity index (χ3n) is 5.46. The number of nitrogens with zero attached hydrogens (tertiary/aromatic N) is 6. The fourth-order valence-corrected chi connectivity index (χ4v) is 3.77. The molecule has 0 aliphatic heterocycles. The van der Waals surface area contributed by atoms with Gasteiger partial charge in [0.05, 0.1) is 6.57 Å². The quantitative estimate of drug-likeness (QED) is 0.242. The highest BCUT2D eigenvalue weighted by molar-refractivity contribution is 5.97. The van der Waals surface area contributed by atoms with E-state index < -0.39 is 0 Å². The van der Waals surface area contributed by atoms with E-state index in [1.54, 1.807) is 35.7 Å². The lowest BCUT2D eigenvalue weighted by Gasteiger charge is -2.11. The number of ketones is 1.